The Hall–Kier alpha value is -2.33. The molecule has 0 saturated heterocycles. The quantitative estimate of drug-likeness (QED) is 0.591. The number of carbonyl (C=O) groups excluding carboxylic acids is 1. The Morgan fingerprint density at radius 2 is 1.74 bits per heavy atom. The maximum absolute atomic E-state index is 10.6. The summed E-state index contributed by atoms with van der Waals surface area (Å²) in [5, 5.41) is 0. The van der Waals surface area contributed by atoms with Crippen molar-refractivity contribution in [2.24, 2.45) is 0 Å². The predicted octanol–water partition coefficient (Wildman–Crippen LogP) is 4.04. The van der Waals surface area contributed by atoms with Crippen molar-refractivity contribution < 1.29 is 4.79 Å². The van der Waals surface area contributed by atoms with Gasteiger partial charge in [0.05, 0.1) is 0 Å². The van der Waals surface area contributed by atoms with E-state index in [9.17, 15) is 4.79 Å². The lowest BCUT2D eigenvalue weighted by Gasteiger charge is -2.07. The van der Waals surface area contributed by atoms with Crippen LogP contribution in [-0.4, -0.2) is 6.29 Å². The van der Waals surface area contributed by atoms with Gasteiger partial charge in [0, 0.05) is 17.0 Å². The molecule has 0 fully saturated rings. The highest BCUT2D eigenvalue weighted by Gasteiger charge is 2.04. The van der Waals surface area contributed by atoms with E-state index in [-0.39, 0.29) is 5.92 Å². The molecule has 2 aromatic carbocycles. The molecular weight excluding hydrogens is 232 g/mol. The molecule has 0 radical (unpaired) electrons. The largest absolute Gasteiger partial charge is 0.298 e. The van der Waals surface area contributed by atoms with Gasteiger partial charge in [-0.25, -0.2) is 0 Å². The Kier molecular flexibility index (Phi) is 4.53. The van der Waals surface area contributed by atoms with Gasteiger partial charge in [0.15, 0.2) is 0 Å². The summed E-state index contributed by atoms with van der Waals surface area (Å²) in [5.41, 5.74) is 2.88. The van der Waals surface area contributed by atoms with Crippen molar-refractivity contribution in [2.75, 3.05) is 0 Å². The van der Waals surface area contributed by atoms with Crippen molar-refractivity contribution in [3.05, 3.63) is 71.3 Å². The molecular formula is C18H16O. The van der Waals surface area contributed by atoms with Gasteiger partial charge in [0.25, 0.3) is 0 Å². The summed E-state index contributed by atoms with van der Waals surface area (Å²) in [4.78, 5) is 10.6. The van der Waals surface area contributed by atoms with Crippen LogP contribution in [0.15, 0.2) is 54.6 Å². The molecule has 1 nitrogen and oxygen atoms in total. The molecule has 0 saturated carbocycles. The van der Waals surface area contributed by atoms with Crippen LogP contribution in [0, 0.1) is 11.8 Å². The van der Waals surface area contributed by atoms with Crippen molar-refractivity contribution in [1.29, 1.82) is 0 Å². The van der Waals surface area contributed by atoms with Crippen LogP contribution < -0.4 is 0 Å². The zero-order chi connectivity index (χ0) is 13.5. The Labute approximate surface area is 114 Å². The second kappa shape index (κ2) is 6.56. The van der Waals surface area contributed by atoms with Gasteiger partial charge in [-0.05, 0) is 24.1 Å². The minimum Gasteiger partial charge on any atom is -0.298 e. The monoisotopic (exact) mass is 248 g/mol. The van der Waals surface area contributed by atoms with Crippen molar-refractivity contribution in [3.8, 4) is 11.8 Å². The molecule has 0 bridgehead atoms. The molecule has 1 heteroatoms. The van der Waals surface area contributed by atoms with E-state index in [1.54, 1.807) is 12.1 Å². The van der Waals surface area contributed by atoms with Crippen LogP contribution in [0.2, 0.25) is 0 Å². The van der Waals surface area contributed by atoms with Crippen LogP contribution in [0.5, 0.6) is 0 Å². The first-order chi connectivity index (χ1) is 9.33. The molecule has 0 aliphatic carbocycles. The topological polar surface area (TPSA) is 17.1 Å². The Bertz CT molecular complexity index is 585. The molecule has 19 heavy (non-hydrogen) atoms. The maximum Gasteiger partial charge on any atom is 0.150 e. The van der Waals surface area contributed by atoms with E-state index in [2.05, 4.69) is 30.9 Å². The third-order valence-electron chi connectivity index (χ3n) is 3.05. The van der Waals surface area contributed by atoms with Gasteiger partial charge in [-0.3, -0.25) is 4.79 Å². The molecule has 0 aromatic heterocycles. The van der Waals surface area contributed by atoms with Crippen molar-refractivity contribution >= 4 is 6.29 Å². The summed E-state index contributed by atoms with van der Waals surface area (Å²) < 4.78 is 0. The van der Waals surface area contributed by atoms with Crippen LogP contribution in [0.4, 0.5) is 0 Å². The van der Waals surface area contributed by atoms with Crippen LogP contribution >= 0.6 is 0 Å². The standard InChI is InChI=1S/C18H16O/c1-2-17(18-6-4-3-5-7-18)13-12-15-8-10-16(14-19)11-9-15/h3-11,14,17H,2H2,1H3/t17-/m0/s1. The molecule has 2 aromatic rings. The summed E-state index contributed by atoms with van der Waals surface area (Å²) in [5.74, 6) is 6.74. The second-order valence-corrected chi connectivity index (χ2v) is 4.38. The third-order valence-corrected chi connectivity index (χ3v) is 3.05. The lowest BCUT2D eigenvalue weighted by atomic mass is 9.97. The molecule has 0 spiro atoms. The SMILES string of the molecule is CC[C@@H](C#Cc1ccc(C=O)cc1)c1ccccc1. The highest BCUT2D eigenvalue weighted by Crippen LogP contribution is 2.18. The minimum atomic E-state index is 0.256. The second-order valence-electron chi connectivity index (χ2n) is 4.38. The molecule has 0 N–H and O–H groups in total. The third kappa shape index (κ3) is 3.56. The zero-order valence-corrected chi connectivity index (χ0v) is 11.0. The smallest absolute Gasteiger partial charge is 0.150 e. The first-order valence-electron chi connectivity index (χ1n) is 6.45. The lowest BCUT2D eigenvalue weighted by molar-refractivity contribution is 0.112. The van der Waals surface area contributed by atoms with E-state index in [1.807, 2.05) is 30.3 Å². The van der Waals surface area contributed by atoms with Gasteiger partial charge in [-0.15, -0.1) is 0 Å². The van der Waals surface area contributed by atoms with Crippen LogP contribution in [0.1, 0.15) is 40.7 Å². The first kappa shape index (κ1) is 13.1. The predicted molar refractivity (Wildman–Crippen MR) is 78.2 cm³/mol. The first-order valence-corrected chi connectivity index (χ1v) is 6.45. The summed E-state index contributed by atoms with van der Waals surface area (Å²) in [6.45, 7) is 2.14. The fourth-order valence-corrected chi connectivity index (χ4v) is 1.92. The average Bonchev–Trinajstić information content (AvgIpc) is 2.49. The van der Waals surface area contributed by atoms with Crippen molar-refractivity contribution in [2.45, 2.75) is 19.3 Å². The van der Waals surface area contributed by atoms with Crippen molar-refractivity contribution in [1.82, 2.24) is 0 Å². The molecule has 2 rings (SSSR count). The number of hydrogen-bond donors (Lipinski definition) is 0. The minimum absolute atomic E-state index is 0.256. The summed E-state index contributed by atoms with van der Waals surface area (Å²) in [6.07, 6.45) is 1.83. The zero-order valence-electron chi connectivity index (χ0n) is 11.0. The van der Waals surface area contributed by atoms with E-state index >= 15 is 0 Å². The van der Waals surface area contributed by atoms with E-state index in [1.165, 1.54) is 5.56 Å². The van der Waals surface area contributed by atoms with Gasteiger partial charge in [0.1, 0.15) is 6.29 Å². The Balaban J connectivity index is 2.18. The molecule has 0 unspecified atom stereocenters. The van der Waals surface area contributed by atoms with Gasteiger partial charge in [-0.1, -0.05) is 61.2 Å². The van der Waals surface area contributed by atoms with Gasteiger partial charge < -0.3 is 0 Å². The fraction of sp³-hybridized carbons (Fsp3) is 0.167. The van der Waals surface area contributed by atoms with Crippen LogP contribution in [0.25, 0.3) is 0 Å². The van der Waals surface area contributed by atoms with Gasteiger partial charge in [0.2, 0.25) is 0 Å². The number of hydrogen-bond acceptors (Lipinski definition) is 1. The van der Waals surface area contributed by atoms with E-state index in [0.717, 1.165) is 18.3 Å². The summed E-state index contributed by atoms with van der Waals surface area (Å²) in [7, 11) is 0. The normalized spacial score (nSPS) is 11.2. The highest BCUT2D eigenvalue weighted by atomic mass is 16.1. The molecule has 94 valence electrons. The van der Waals surface area contributed by atoms with Crippen LogP contribution in [-0.2, 0) is 0 Å². The lowest BCUT2D eigenvalue weighted by Crippen LogP contribution is -1.93. The average molecular weight is 248 g/mol. The number of aldehydes is 1. The number of rotatable bonds is 3. The van der Waals surface area contributed by atoms with Gasteiger partial charge in [-0.2, -0.15) is 0 Å². The van der Waals surface area contributed by atoms with E-state index < -0.39 is 0 Å². The van der Waals surface area contributed by atoms with Crippen molar-refractivity contribution in [3.63, 3.8) is 0 Å². The molecule has 1 atom stereocenters. The maximum atomic E-state index is 10.6. The molecule has 0 aliphatic heterocycles. The Morgan fingerprint density at radius 3 is 2.32 bits per heavy atom. The molecule has 0 heterocycles. The fourth-order valence-electron chi connectivity index (χ4n) is 1.92. The van der Waals surface area contributed by atoms with Gasteiger partial charge >= 0.3 is 0 Å². The molecule has 0 amide bonds. The highest BCUT2D eigenvalue weighted by molar-refractivity contribution is 5.74. The number of benzene rings is 2. The number of carbonyl (C=O) groups is 1. The van der Waals surface area contributed by atoms with Crippen LogP contribution in [0.3, 0.4) is 0 Å². The van der Waals surface area contributed by atoms with E-state index in [0.29, 0.717) is 5.56 Å². The summed E-state index contributed by atoms with van der Waals surface area (Å²) in [6, 6.07) is 17.7. The Morgan fingerprint density at radius 1 is 1.05 bits per heavy atom. The molecule has 0 aliphatic rings. The summed E-state index contributed by atoms with van der Waals surface area (Å²) >= 11 is 0. The van der Waals surface area contributed by atoms with E-state index in [4.69, 9.17) is 0 Å².